The van der Waals surface area contributed by atoms with Crippen molar-refractivity contribution in [3.8, 4) is 0 Å². The Morgan fingerprint density at radius 2 is 1.80 bits per heavy atom. The second-order valence-electron chi connectivity index (χ2n) is 3.43. The predicted octanol–water partition coefficient (Wildman–Crippen LogP) is 1.24. The monoisotopic (exact) mass is 216 g/mol. The number of carboxylic acid groups (broad SMARTS) is 1. The summed E-state index contributed by atoms with van der Waals surface area (Å²) in [6, 6.07) is -0.0967. The van der Waals surface area contributed by atoms with Gasteiger partial charge in [-0.25, -0.2) is 4.79 Å². The van der Waals surface area contributed by atoms with Crippen molar-refractivity contribution in [1.29, 1.82) is 0 Å². The minimum atomic E-state index is -0.881. The topological polar surface area (TPSA) is 60.9 Å². The molecule has 0 fully saturated rings. The molecule has 0 aromatic carbocycles. The average molecular weight is 216 g/mol. The second kappa shape index (κ2) is 7.09. The molecule has 0 aliphatic carbocycles. The van der Waals surface area contributed by atoms with Crippen molar-refractivity contribution in [3.63, 3.8) is 0 Å². The van der Waals surface area contributed by atoms with Crippen LogP contribution in [0, 0.1) is 0 Å². The smallest absolute Gasteiger partial charge is 0.319 e. The van der Waals surface area contributed by atoms with Gasteiger partial charge in [-0.15, -0.1) is 0 Å². The van der Waals surface area contributed by atoms with Crippen LogP contribution >= 0.6 is 0 Å². The Hall–Kier alpha value is -1.26. The van der Waals surface area contributed by atoms with E-state index in [1.165, 1.54) is 4.90 Å². The second-order valence-corrected chi connectivity index (χ2v) is 3.43. The van der Waals surface area contributed by atoms with Gasteiger partial charge in [-0.3, -0.25) is 4.79 Å². The average Bonchev–Trinajstić information content (AvgIpc) is 2.21. The third-order valence-electron chi connectivity index (χ3n) is 2.13. The van der Waals surface area contributed by atoms with E-state index in [9.17, 15) is 9.59 Å². The molecule has 2 amide bonds. The lowest BCUT2D eigenvalue weighted by molar-refractivity contribution is -0.137. The molecule has 0 rings (SSSR count). The van der Waals surface area contributed by atoms with Crippen LogP contribution in [-0.2, 0) is 4.79 Å². The molecule has 0 heterocycles. The summed E-state index contributed by atoms with van der Waals surface area (Å²) in [5.74, 6) is -0.881. The molecule has 0 aromatic heterocycles. The Bertz CT molecular complexity index is 219. The summed E-state index contributed by atoms with van der Waals surface area (Å²) in [4.78, 5) is 25.2. The lowest BCUT2D eigenvalue weighted by Crippen LogP contribution is -2.42. The Morgan fingerprint density at radius 1 is 1.20 bits per heavy atom. The van der Waals surface area contributed by atoms with Gasteiger partial charge in [0.25, 0.3) is 0 Å². The number of nitrogens with zero attached hydrogens (tertiary/aromatic N) is 2. The number of amides is 2. The Labute approximate surface area is 90.7 Å². The number of carbonyl (C=O) groups excluding carboxylic acids is 1. The Morgan fingerprint density at radius 3 is 2.20 bits per heavy atom. The van der Waals surface area contributed by atoms with E-state index in [0.717, 1.165) is 6.42 Å². The molecule has 15 heavy (non-hydrogen) atoms. The molecule has 0 spiro atoms. The molecule has 0 unspecified atom stereocenters. The first kappa shape index (κ1) is 13.7. The molecule has 0 saturated heterocycles. The van der Waals surface area contributed by atoms with Crippen LogP contribution in [0.5, 0.6) is 0 Å². The molecule has 88 valence electrons. The summed E-state index contributed by atoms with van der Waals surface area (Å²) in [6.45, 7) is 5.55. The molecule has 0 bridgehead atoms. The number of carboxylic acids is 1. The number of carbonyl (C=O) groups is 2. The van der Waals surface area contributed by atoms with Crippen molar-refractivity contribution in [2.45, 2.75) is 26.7 Å². The predicted molar refractivity (Wildman–Crippen MR) is 57.8 cm³/mol. The Kier molecular flexibility index (Phi) is 6.49. The van der Waals surface area contributed by atoms with Gasteiger partial charge in [-0.05, 0) is 13.3 Å². The summed E-state index contributed by atoms with van der Waals surface area (Å²) < 4.78 is 0. The van der Waals surface area contributed by atoms with E-state index in [-0.39, 0.29) is 19.0 Å². The molecular formula is C10H20N2O3. The molecule has 0 atom stereocenters. The number of urea groups is 1. The minimum absolute atomic E-state index is 0.00802. The van der Waals surface area contributed by atoms with Gasteiger partial charge in [0.2, 0.25) is 0 Å². The lowest BCUT2D eigenvalue weighted by Gasteiger charge is -2.26. The fourth-order valence-electron chi connectivity index (χ4n) is 1.26. The van der Waals surface area contributed by atoms with Crippen LogP contribution in [0.25, 0.3) is 0 Å². The van der Waals surface area contributed by atoms with Gasteiger partial charge in [-0.1, -0.05) is 6.92 Å². The molecule has 5 nitrogen and oxygen atoms in total. The van der Waals surface area contributed by atoms with Gasteiger partial charge in [0.15, 0.2) is 0 Å². The van der Waals surface area contributed by atoms with E-state index in [0.29, 0.717) is 13.1 Å². The van der Waals surface area contributed by atoms with E-state index in [1.54, 1.807) is 11.9 Å². The maximum Gasteiger partial charge on any atom is 0.319 e. The zero-order valence-electron chi connectivity index (χ0n) is 9.69. The van der Waals surface area contributed by atoms with Crippen molar-refractivity contribution in [3.05, 3.63) is 0 Å². The highest BCUT2D eigenvalue weighted by Crippen LogP contribution is 1.99. The SMILES string of the molecule is CCCN(CC)C(=O)N(C)CCC(=O)O. The summed E-state index contributed by atoms with van der Waals surface area (Å²) >= 11 is 0. The number of hydrogen-bond donors (Lipinski definition) is 1. The minimum Gasteiger partial charge on any atom is -0.481 e. The molecule has 5 heteroatoms. The maximum absolute atomic E-state index is 11.7. The van der Waals surface area contributed by atoms with Crippen LogP contribution in [0.2, 0.25) is 0 Å². The summed E-state index contributed by atoms with van der Waals surface area (Å²) in [5.41, 5.74) is 0. The van der Waals surface area contributed by atoms with E-state index in [4.69, 9.17) is 5.11 Å². The van der Waals surface area contributed by atoms with Gasteiger partial charge in [0.05, 0.1) is 6.42 Å². The number of rotatable bonds is 6. The van der Waals surface area contributed by atoms with E-state index in [2.05, 4.69) is 0 Å². The van der Waals surface area contributed by atoms with Crippen LogP contribution in [0.3, 0.4) is 0 Å². The first-order valence-electron chi connectivity index (χ1n) is 5.24. The van der Waals surface area contributed by atoms with E-state index in [1.807, 2.05) is 13.8 Å². The van der Waals surface area contributed by atoms with Crippen molar-refractivity contribution < 1.29 is 14.7 Å². The largest absolute Gasteiger partial charge is 0.481 e. The fourth-order valence-corrected chi connectivity index (χ4v) is 1.26. The van der Waals surface area contributed by atoms with Gasteiger partial charge in [-0.2, -0.15) is 0 Å². The lowest BCUT2D eigenvalue weighted by atomic mass is 10.4. The number of hydrogen-bond acceptors (Lipinski definition) is 2. The molecular weight excluding hydrogens is 196 g/mol. The molecule has 0 radical (unpaired) electrons. The molecule has 0 aromatic rings. The van der Waals surface area contributed by atoms with Crippen LogP contribution in [-0.4, -0.2) is 53.6 Å². The van der Waals surface area contributed by atoms with Gasteiger partial charge < -0.3 is 14.9 Å². The molecule has 0 saturated carbocycles. The quantitative estimate of drug-likeness (QED) is 0.726. The first-order chi connectivity index (χ1) is 7.02. The van der Waals surface area contributed by atoms with Crippen molar-refractivity contribution in [2.75, 3.05) is 26.7 Å². The maximum atomic E-state index is 11.7. The zero-order chi connectivity index (χ0) is 11.8. The third-order valence-corrected chi connectivity index (χ3v) is 2.13. The van der Waals surface area contributed by atoms with E-state index < -0.39 is 5.97 Å². The third kappa shape index (κ3) is 5.24. The molecule has 0 aliphatic rings. The van der Waals surface area contributed by atoms with Gasteiger partial charge in [0, 0.05) is 26.7 Å². The highest BCUT2D eigenvalue weighted by Gasteiger charge is 2.15. The first-order valence-corrected chi connectivity index (χ1v) is 5.24. The van der Waals surface area contributed by atoms with Crippen molar-refractivity contribution in [1.82, 2.24) is 9.80 Å². The Balaban J connectivity index is 4.09. The molecule has 0 aliphatic heterocycles. The van der Waals surface area contributed by atoms with E-state index >= 15 is 0 Å². The van der Waals surface area contributed by atoms with Gasteiger partial charge in [0.1, 0.15) is 0 Å². The normalized spacial score (nSPS) is 9.80. The standard InChI is InChI=1S/C10H20N2O3/c1-4-7-12(5-2)10(15)11(3)8-6-9(13)14/h4-8H2,1-3H3,(H,13,14). The van der Waals surface area contributed by atoms with Crippen LogP contribution in [0.4, 0.5) is 4.79 Å². The van der Waals surface area contributed by atoms with Crippen LogP contribution < -0.4 is 0 Å². The molecule has 1 N–H and O–H groups in total. The highest BCUT2D eigenvalue weighted by atomic mass is 16.4. The van der Waals surface area contributed by atoms with Crippen molar-refractivity contribution in [2.24, 2.45) is 0 Å². The van der Waals surface area contributed by atoms with Gasteiger partial charge >= 0.3 is 12.0 Å². The number of aliphatic carboxylic acids is 1. The summed E-state index contributed by atoms with van der Waals surface area (Å²) in [5, 5.41) is 8.49. The fraction of sp³-hybridized carbons (Fsp3) is 0.800. The van der Waals surface area contributed by atoms with Crippen LogP contribution in [0.1, 0.15) is 26.7 Å². The van der Waals surface area contributed by atoms with Crippen molar-refractivity contribution >= 4 is 12.0 Å². The highest BCUT2D eigenvalue weighted by molar-refractivity contribution is 5.75. The summed E-state index contributed by atoms with van der Waals surface area (Å²) in [7, 11) is 1.63. The zero-order valence-corrected chi connectivity index (χ0v) is 9.69. The van der Waals surface area contributed by atoms with Crippen LogP contribution in [0.15, 0.2) is 0 Å². The summed E-state index contributed by atoms with van der Waals surface area (Å²) in [6.07, 6.45) is 0.901.